The van der Waals surface area contributed by atoms with Crippen LogP contribution in [-0.4, -0.2) is 87.3 Å². The molecular formula is C21H25N8O8S2+. The number of hydrogen-bond donors (Lipinski definition) is 6. The Hall–Kier alpha value is -4.00. The van der Waals surface area contributed by atoms with Crippen LogP contribution in [0.1, 0.15) is 18.9 Å². The fraction of sp³-hybridized carbons (Fsp3) is 0.333. The third-order valence-electron chi connectivity index (χ3n) is 5.80. The van der Waals surface area contributed by atoms with E-state index in [0.29, 0.717) is 0 Å². The van der Waals surface area contributed by atoms with Crippen molar-refractivity contribution in [3.8, 4) is 0 Å². The summed E-state index contributed by atoms with van der Waals surface area (Å²) in [6.45, 7) is 1.82. The van der Waals surface area contributed by atoms with Gasteiger partial charge in [0.25, 0.3) is 21.9 Å². The van der Waals surface area contributed by atoms with Crippen molar-refractivity contribution in [2.75, 3.05) is 25.1 Å². The topological polar surface area (TPSA) is 233 Å². The number of hydrogen-bond acceptors (Lipinski definition) is 11. The van der Waals surface area contributed by atoms with Crippen LogP contribution in [-0.2, 0) is 29.3 Å². The van der Waals surface area contributed by atoms with Gasteiger partial charge in [-0.3, -0.25) is 24.4 Å². The number of aromatic nitrogens is 3. The molecule has 3 atom stereocenters. The second-order valence-electron chi connectivity index (χ2n) is 8.24. The largest absolute Gasteiger partial charge is 0.477 e. The highest BCUT2D eigenvalue weighted by Crippen LogP contribution is 2.42. The maximum absolute atomic E-state index is 13.1. The SMILES string of the molecule is CCON=C(C(=O)NC1C(=O)N2C(C(=O)O)=C(C(NC)[n+]3cccc(S(=O)(=O)O)c3)CS[C@H]12)c1ncc(N)[nH]1. The van der Waals surface area contributed by atoms with Crippen LogP contribution in [0.4, 0.5) is 5.82 Å². The molecule has 4 heterocycles. The maximum Gasteiger partial charge on any atom is 0.352 e. The van der Waals surface area contributed by atoms with Crippen molar-refractivity contribution in [1.29, 1.82) is 0 Å². The number of oxime groups is 1. The highest BCUT2D eigenvalue weighted by molar-refractivity contribution is 8.00. The van der Waals surface area contributed by atoms with Crippen LogP contribution in [0.3, 0.4) is 0 Å². The molecule has 0 saturated carbocycles. The Labute approximate surface area is 226 Å². The Bertz CT molecular complexity index is 1490. The predicted molar refractivity (Wildman–Crippen MR) is 135 cm³/mol. The molecule has 4 rings (SSSR count). The summed E-state index contributed by atoms with van der Waals surface area (Å²) in [5.74, 6) is -2.52. The molecule has 0 aliphatic carbocycles. The van der Waals surface area contributed by atoms with Gasteiger partial charge in [0.2, 0.25) is 11.9 Å². The molecule has 0 aromatic carbocycles. The van der Waals surface area contributed by atoms with E-state index in [1.807, 2.05) is 0 Å². The molecule has 2 amide bonds. The van der Waals surface area contributed by atoms with E-state index in [0.717, 1.165) is 11.1 Å². The molecular weight excluding hydrogens is 556 g/mol. The smallest absolute Gasteiger partial charge is 0.352 e. The van der Waals surface area contributed by atoms with E-state index < -0.39 is 50.4 Å². The summed E-state index contributed by atoms with van der Waals surface area (Å²) in [5.41, 5.74) is 5.35. The van der Waals surface area contributed by atoms with Crippen molar-refractivity contribution >= 4 is 51.2 Å². The molecule has 16 nitrogen and oxygen atoms in total. The number of aliphatic carboxylic acids is 1. The van der Waals surface area contributed by atoms with E-state index >= 15 is 0 Å². The standard InChI is InChI=1S/C21H24N8O8S2/c1-3-37-27-13(16-24-7-12(22)25-16)18(30)26-14-19(31)29-15(21(32)33)11(9-38-20(14)29)17(23-2)28-6-4-5-10(8-28)39(34,35)36/h4-8,14,17,20,23H,3,9H2,1-2H3,(H5-,22,24,25,26,27,30,32,33,34,35,36)/p+1/t14?,17?,20-/m1/s1. The lowest BCUT2D eigenvalue weighted by molar-refractivity contribution is -0.721. The summed E-state index contributed by atoms with van der Waals surface area (Å²) >= 11 is 1.21. The van der Waals surface area contributed by atoms with Crippen LogP contribution in [0.15, 0.2) is 52.0 Å². The van der Waals surface area contributed by atoms with Gasteiger partial charge in [0.1, 0.15) is 29.5 Å². The number of β-lactam (4-membered cyclic amide) rings is 1. The number of carboxylic acids is 1. The normalized spacial score (nSPS) is 20.2. The lowest BCUT2D eigenvalue weighted by Crippen LogP contribution is -2.71. The first-order chi connectivity index (χ1) is 18.5. The lowest BCUT2D eigenvalue weighted by Gasteiger charge is -2.49. The second-order valence-corrected chi connectivity index (χ2v) is 10.8. The fourth-order valence-electron chi connectivity index (χ4n) is 4.13. The number of nitrogens with zero attached hydrogens (tertiary/aromatic N) is 4. The number of pyridine rings is 1. The maximum atomic E-state index is 13.1. The number of carbonyl (C=O) groups excluding carboxylic acids is 2. The second kappa shape index (κ2) is 11.0. The molecule has 39 heavy (non-hydrogen) atoms. The summed E-state index contributed by atoms with van der Waals surface area (Å²) < 4.78 is 34.0. The zero-order valence-electron chi connectivity index (χ0n) is 20.6. The molecule has 0 spiro atoms. The van der Waals surface area contributed by atoms with E-state index in [1.165, 1.54) is 47.9 Å². The fourth-order valence-corrected chi connectivity index (χ4v) is 6.01. The Morgan fingerprint density at radius 1 is 1.46 bits per heavy atom. The highest BCUT2D eigenvalue weighted by atomic mass is 32.2. The number of nitrogens with one attached hydrogen (secondary N) is 3. The molecule has 2 aliphatic rings. The van der Waals surface area contributed by atoms with Crippen molar-refractivity contribution in [2.45, 2.75) is 29.4 Å². The van der Waals surface area contributed by atoms with Gasteiger partial charge in [-0.2, -0.15) is 13.0 Å². The van der Waals surface area contributed by atoms with Crippen LogP contribution < -0.4 is 20.9 Å². The van der Waals surface area contributed by atoms with E-state index in [9.17, 15) is 32.5 Å². The third kappa shape index (κ3) is 5.44. The number of amides is 2. The number of nitrogens with two attached hydrogens (primary N) is 1. The summed E-state index contributed by atoms with van der Waals surface area (Å²) in [6, 6.07) is 1.49. The van der Waals surface area contributed by atoms with Crippen molar-refractivity contribution < 1.29 is 41.9 Å². The Kier molecular flexibility index (Phi) is 7.91. The van der Waals surface area contributed by atoms with E-state index in [1.54, 1.807) is 6.92 Å². The number of aromatic amines is 1. The van der Waals surface area contributed by atoms with Crippen molar-refractivity contribution in [1.82, 2.24) is 25.5 Å². The van der Waals surface area contributed by atoms with Crippen LogP contribution >= 0.6 is 11.8 Å². The molecule has 0 bridgehead atoms. The van der Waals surface area contributed by atoms with Crippen molar-refractivity contribution in [3.05, 3.63) is 47.8 Å². The molecule has 1 fully saturated rings. The van der Waals surface area contributed by atoms with Gasteiger partial charge < -0.3 is 26.0 Å². The summed E-state index contributed by atoms with van der Waals surface area (Å²) in [4.78, 5) is 50.8. The first-order valence-electron chi connectivity index (χ1n) is 11.4. The van der Waals surface area contributed by atoms with Gasteiger partial charge in [0.05, 0.1) is 11.8 Å². The van der Waals surface area contributed by atoms with Gasteiger partial charge in [-0.25, -0.2) is 9.78 Å². The molecule has 208 valence electrons. The number of imidazole rings is 1. The van der Waals surface area contributed by atoms with Crippen molar-refractivity contribution in [2.24, 2.45) is 5.16 Å². The summed E-state index contributed by atoms with van der Waals surface area (Å²) in [5, 5.41) is 18.6. The van der Waals surface area contributed by atoms with Gasteiger partial charge in [-0.05, 0) is 20.0 Å². The first kappa shape index (κ1) is 28.0. The van der Waals surface area contributed by atoms with Gasteiger partial charge in [0, 0.05) is 11.8 Å². The molecule has 2 unspecified atom stereocenters. The number of fused-ring (bicyclic) bond motifs is 1. The first-order valence-corrected chi connectivity index (χ1v) is 13.8. The average molecular weight is 582 g/mol. The van der Waals surface area contributed by atoms with Gasteiger partial charge in [-0.15, -0.1) is 11.8 Å². The zero-order valence-corrected chi connectivity index (χ0v) is 22.2. The minimum absolute atomic E-state index is 0.0211. The summed E-state index contributed by atoms with van der Waals surface area (Å²) in [6.07, 6.45) is 3.04. The van der Waals surface area contributed by atoms with E-state index in [4.69, 9.17) is 10.6 Å². The minimum Gasteiger partial charge on any atom is -0.477 e. The van der Waals surface area contributed by atoms with Crippen LogP contribution in [0.2, 0.25) is 0 Å². The number of likely N-dealkylation sites (N-methyl/N-ethyl adjacent to an activating group) is 1. The number of rotatable bonds is 10. The number of anilines is 1. The van der Waals surface area contributed by atoms with Gasteiger partial charge >= 0.3 is 5.97 Å². The van der Waals surface area contributed by atoms with E-state index in [-0.39, 0.29) is 41.0 Å². The lowest BCUT2D eigenvalue weighted by atomic mass is 10.0. The molecule has 7 N–H and O–H groups in total. The number of carboxylic acid groups (broad SMARTS) is 1. The van der Waals surface area contributed by atoms with Gasteiger partial charge in [-0.1, -0.05) is 5.16 Å². The average Bonchev–Trinajstić information content (AvgIpc) is 3.32. The van der Waals surface area contributed by atoms with Crippen LogP contribution in [0.5, 0.6) is 0 Å². The van der Waals surface area contributed by atoms with E-state index in [2.05, 4.69) is 25.8 Å². The Morgan fingerprint density at radius 2 is 2.21 bits per heavy atom. The monoisotopic (exact) mass is 581 g/mol. The quantitative estimate of drug-likeness (QED) is 0.0614. The molecule has 2 aliphatic heterocycles. The number of thioether (sulfide) groups is 1. The van der Waals surface area contributed by atoms with Crippen LogP contribution in [0.25, 0.3) is 0 Å². The Balaban J connectivity index is 1.62. The molecule has 2 aromatic rings. The number of nitrogen functional groups attached to an aromatic ring is 1. The predicted octanol–water partition coefficient (Wildman–Crippen LogP) is -1.58. The molecule has 2 aromatic heterocycles. The Morgan fingerprint density at radius 3 is 2.79 bits per heavy atom. The van der Waals surface area contributed by atoms with Crippen molar-refractivity contribution in [3.63, 3.8) is 0 Å². The highest BCUT2D eigenvalue weighted by Gasteiger charge is 2.56. The minimum atomic E-state index is -4.52. The molecule has 1 saturated heterocycles. The zero-order chi connectivity index (χ0) is 28.5. The van der Waals surface area contributed by atoms with Crippen LogP contribution in [0, 0.1) is 0 Å². The number of carbonyl (C=O) groups is 3. The number of H-pyrrole nitrogens is 1. The third-order valence-corrected chi connectivity index (χ3v) is 7.94. The summed E-state index contributed by atoms with van der Waals surface area (Å²) in [7, 11) is -2.99. The molecule has 0 radical (unpaired) electrons. The van der Waals surface area contributed by atoms with Gasteiger partial charge in [0.15, 0.2) is 23.1 Å². The molecule has 18 heteroatoms.